The summed E-state index contributed by atoms with van der Waals surface area (Å²) in [5.74, 6) is -0.860. The molecule has 2 heterocycles. The molecule has 1 aromatic rings. The first kappa shape index (κ1) is 16.4. The lowest BCUT2D eigenvalue weighted by molar-refractivity contribution is -0.123. The summed E-state index contributed by atoms with van der Waals surface area (Å²) in [5, 5.41) is 0. The minimum absolute atomic E-state index is 0.185. The van der Waals surface area contributed by atoms with Crippen molar-refractivity contribution in [1.29, 1.82) is 0 Å². The minimum atomic E-state index is -0.747. The first-order chi connectivity index (χ1) is 11.2. The topological polar surface area (TPSA) is 85.8 Å². The molecule has 0 unspecified atom stereocenters. The third-order valence-electron chi connectivity index (χ3n) is 4.20. The number of hydrogen-bond donors (Lipinski definition) is 0. The third kappa shape index (κ3) is 2.74. The van der Waals surface area contributed by atoms with Crippen LogP contribution in [-0.4, -0.2) is 35.7 Å². The van der Waals surface area contributed by atoms with Crippen LogP contribution in [0.1, 0.15) is 49.7 Å². The van der Waals surface area contributed by atoms with Crippen LogP contribution in [0, 0.1) is 5.41 Å². The second-order valence-corrected chi connectivity index (χ2v) is 7.26. The number of carbonyl (C=O) groups excluding carboxylic acids is 3. The van der Waals surface area contributed by atoms with Crippen LogP contribution < -0.4 is 4.90 Å². The molecule has 3 rings (SSSR count). The summed E-state index contributed by atoms with van der Waals surface area (Å²) in [6.07, 6.45) is 2.59. The van der Waals surface area contributed by atoms with E-state index in [9.17, 15) is 14.4 Å². The molecule has 128 valence electrons. The lowest BCUT2D eigenvalue weighted by atomic mass is 9.92. The summed E-state index contributed by atoms with van der Waals surface area (Å²) < 4.78 is 10.1. The summed E-state index contributed by atoms with van der Waals surface area (Å²) in [6, 6.07) is 1.46. The third-order valence-corrected chi connectivity index (χ3v) is 4.20. The number of hydrogen-bond acceptors (Lipinski definition) is 6. The van der Waals surface area contributed by atoms with Gasteiger partial charge >= 0.3 is 12.1 Å². The SMILES string of the molecule is COC(=O)c1cnc2c(c1)N(C(=O)OC(C)(C)C)C(=O)C1(CC1)C2. The highest BCUT2D eigenvalue weighted by molar-refractivity contribution is 6.17. The zero-order chi connectivity index (χ0) is 17.7. The van der Waals surface area contributed by atoms with Crippen LogP contribution in [0.3, 0.4) is 0 Å². The highest BCUT2D eigenvalue weighted by atomic mass is 16.6. The fraction of sp³-hybridized carbons (Fsp3) is 0.529. The van der Waals surface area contributed by atoms with E-state index < -0.39 is 23.1 Å². The van der Waals surface area contributed by atoms with Crippen molar-refractivity contribution in [2.75, 3.05) is 12.0 Å². The number of methoxy groups -OCH3 is 1. The molecular weight excluding hydrogens is 312 g/mol. The molecule has 24 heavy (non-hydrogen) atoms. The van der Waals surface area contributed by atoms with E-state index in [-0.39, 0.29) is 11.5 Å². The molecule has 0 bridgehead atoms. The van der Waals surface area contributed by atoms with Gasteiger partial charge < -0.3 is 9.47 Å². The van der Waals surface area contributed by atoms with E-state index in [1.165, 1.54) is 19.4 Å². The fourth-order valence-electron chi connectivity index (χ4n) is 2.81. The maximum Gasteiger partial charge on any atom is 0.421 e. The molecule has 0 N–H and O–H groups in total. The Morgan fingerprint density at radius 2 is 1.96 bits per heavy atom. The van der Waals surface area contributed by atoms with E-state index in [2.05, 4.69) is 9.72 Å². The highest BCUT2D eigenvalue weighted by Gasteiger charge is 2.57. The molecule has 1 aliphatic carbocycles. The minimum Gasteiger partial charge on any atom is -0.465 e. The maximum atomic E-state index is 12.8. The predicted octanol–water partition coefficient (Wildman–Crippen LogP) is 2.47. The summed E-state index contributed by atoms with van der Waals surface area (Å²) in [6.45, 7) is 5.20. The van der Waals surface area contributed by atoms with Crippen molar-refractivity contribution in [3.8, 4) is 0 Å². The van der Waals surface area contributed by atoms with Gasteiger partial charge in [-0.3, -0.25) is 9.78 Å². The van der Waals surface area contributed by atoms with Crippen LogP contribution in [0.4, 0.5) is 10.5 Å². The van der Waals surface area contributed by atoms with Gasteiger partial charge in [0.15, 0.2) is 0 Å². The van der Waals surface area contributed by atoms with Gasteiger partial charge in [0.1, 0.15) is 5.60 Å². The quantitative estimate of drug-likeness (QED) is 0.734. The van der Waals surface area contributed by atoms with E-state index in [1.54, 1.807) is 20.8 Å². The molecule has 1 aliphatic heterocycles. The van der Waals surface area contributed by atoms with E-state index in [4.69, 9.17) is 4.74 Å². The molecule has 1 saturated carbocycles. The van der Waals surface area contributed by atoms with Crippen molar-refractivity contribution in [2.24, 2.45) is 5.41 Å². The van der Waals surface area contributed by atoms with Crippen molar-refractivity contribution in [2.45, 2.75) is 45.6 Å². The van der Waals surface area contributed by atoms with Gasteiger partial charge in [-0.15, -0.1) is 0 Å². The Bertz CT molecular complexity index is 731. The summed E-state index contributed by atoms with van der Waals surface area (Å²) in [4.78, 5) is 42.5. The molecule has 7 nitrogen and oxygen atoms in total. The molecule has 1 spiro atoms. The number of ether oxygens (including phenoxy) is 2. The number of carbonyl (C=O) groups is 3. The number of anilines is 1. The van der Waals surface area contributed by atoms with Crippen LogP contribution >= 0.6 is 0 Å². The van der Waals surface area contributed by atoms with E-state index >= 15 is 0 Å². The van der Waals surface area contributed by atoms with Crippen LogP contribution in [0.15, 0.2) is 12.3 Å². The molecule has 7 heteroatoms. The van der Waals surface area contributed by atoms with Crippen LogP contribution in [0.5, 0.6) is 0 Å². The zero-order valence-electron chi connectivity index (χ0n) is 14.2. The van der Waals surface area contributed by atoms with Crippen LogP contribution in [0.25, 0.3) is 0 Å². The Balaban J connectivity index is 2.05. The highest BCUT2D eigenvalue weighted by Crippen LogP contribution is 2.54. The molecule has 0 atom stereocenters. The van der Waals surface area contributed by atoms with Crippen molar-refractivity contribution in [3.63, 3.8) is 0 Å². The summed E-state index contributed by atoms with van der Waals surface area (Å²) >= 11 is 0. The molecule has 2 amide bonds. The molecule has 1 aromatic heterocycles. The molecule has 1 fully saturated rings. The van der Waals surface area contributed by atoms with Gasteiger partial charge in [0.05, 0.1) is 29.5 Å². The maximum absolute atomic E-state index is 12.8. The average molecular weight is 332 g/mol. The van der Waals surface area contributed by atoms with Gasteiger partial charge in [0.2, 0.25) is 5.91 Å². The van der Waals surface area contributed by atoms with Gasteiger partial charge in [-0.1, -0.05) is 0 Å². The number of pyridine rings is 1. The van der Waals surface area contributed by atoms with Crippen molar-refractivity contribution in [3.05, 3.63) is 23.5 Å². The lowest BCUT2D eigenvalue weighted by Crippen LogP contribution is -2.48. The number of esters is 1. The smallest absolute Gasteiger partial charge is 0.421 e. The molecular formula is C17H20N2O5. The van der Waals surface area contributed by atoms with Gasteiger partial charge in [-0.25, -0.2) is 14.5 Å². The summed E-state index contributed by atoms with van der Waals surface area (Å²) in [7, 11) is 1.26. The monoisotopic (exact) mass is 332 g/mol. The molecule has 0 radical (unpaired) electrons. The second kappa shape index (κ2) is 5.29. The zero-order valence-corrected chi connectivity index (χ0v) is 14.2. The van der Waals surface area contributed by atoms with Crippen molar-refractivity contribution >= 4 is 23.7 Å². The Labute approximate surface area is 139 Å². The Hall–Kier alpha value is -2.44. The number of nitrogens with zero attached hydrogens (tertiary/aromatic N) is 2. The van der Waals surface area contributed by atoms with Crippen molar-refractivity contribution < 1.29 is 23.9 Å². The first-order valence-corrected chi connectivity index (χ1v) is 7.82. The normalized spacial score (nSPS) is 18.2. The molecule has 0 aromatic carbocycles. The van der Waals surface area contributed by atoms with Gasteiger partial charge in [0, 0.05) is 12.6 Å². The van der Waals surface area contributed by atoms with Gasteiger partial charge in [0.25, 0.3) is 0 Å². The number of amides is 2. The largest absolute Gasteiger partial charge is 0.465 e. The average Bonchev–Trinajstić information content (AvgIpc) is 3.26. The van der Waals surface area contributed by atoms with E-state index in [1.807, 2.05) is 0 Å². The Morgan fingerprint density at radius 1 is 1.29 bits per heavy atom. The van der Waals surface area contributed by atoms with Crippen molar-refractivity contribution in [1.82, 2.24) is 4.98 Å². The predicted molar refractivity (Wildman–Crippen MR) is 84.7 cm³/mol. The second-order valence-electron chi connectivity index (χ2n) is 7.26. The first-order valence-electron chi connectivity index (χ1n) is 7.82. The lowest BCUT2D eigenvalue weighted by Gasteiger charge is -2.33. The van der Waals surface area contributed by atoms with Crippen LogP contribution in [0.2, 0.25) is 0 Å². The van der Waals surface area contributed by atoms with Crippen LogP contribution in [-0.2, 0) is 20.7 Å². The fourth-order valence-corrected chi connectivity index (χ4v) is 2.81. The molecule has 2 aliphatic rings. The van der Waals surface area contributed by atoms with Gasteiger partial charge in [-0.2, -0.15) is 0 Å². The number of aromatic nitrogens is 1. The Kier molecular flexibility index (Phi) is 3.62. The molecule has 0 saturated heterocycles. The summed E-state index contributed by atoms with van der Waals surface area (Å²) in [5.41, 5.74) is -0.187. The standard InChI is InChI=1S/C17H20N2O5/c1-16(2,3)24-15(22)19-12-7-10(13(20)23-4)9-18-11(12)8-17(5-6-17)14(19)21/h7,9H,5-6,8H2,1-4H3. The van der Waals surface area contributed by atoms with E-state index in [0.29, 0.717) is 17.8 Å². The number of imide groups is 1. The number of fused-ring (bicyclic) bond motifs is 1. The Morgan fingerprint density at radius 3 is 2.50 bits per heavy atom. The van der Waals surface area contributed by atoms with Gasteiger partial charge in [-0.05, 0) is 39.7 Å². The number of rotatable bonds is 1. The van der Waals surface area contributed by atoms with E-state index in [0.717, 1.165) is 17.7 Å².